The summed E-state index contributed by atoms with van der Waals surface area (Å²) in [6.07, 6.45) is 10.8. The van der Waals surface area contributed by atoms with Crippen molar-refractivity contribution in [1.29, 1.82) is 0 Å². The van der Waals surface area contributed by atoms with Crippen LogP contribution in [0.5, 0.6) is 0 Å². The Morgan fingerprint density at radius 1 is 0.810 bits per heavy atom. The first kappa shape index (κ1) is 23.4. The Bertz CT molecular complexity index is 205. The largest absolute Gasteiger partial charge is 0.331 e. The summed E-state index contributed by atoms with van der Waals surface area (Å²) >= 11 is 0. The second-order valence-corrected chi connectivity index (χ2v) is 5.40. The molecule has 0 aromatic rings. The van der Waals surface area contributed by atoms with E-state index < -0.39 is 5.97 Å². The molecule has 1 atom stereocenters. The lowest BCUT2D eigenvalue weighted by Gasteiger charge is -2.36. The zero-order valence-electron chi connectivity index (χ0n) is 14.4. The van der Waals surface area contributed by atoms with Crippen molar-refractivity contribution in [3.8, 4) is 0 Å². The van der Waals surface area contributed by atoms with Crippen LogP contribution in [-0.2, 0) is 14.2 Å². The van der Waals surface area contributed by atoms with Gasteiger partial charge in [0.1, 0.15) is 0 Å². The summed E-state index contributed by atoms with van der Waals surface area (Å²) < 4.78 is 16.5. The van der Waals surface area contributed by atoms with E-state index in [1.807, 2.05) is 0 Å². The van der Waals surface area contributed by atoms with Crippen molar-refractivity contribution in [2.45, 2.75) is 70.7 Å². The van der Waals surface area contributed by atoms with Crippen LogP contribution in [0.15, 0.2) is 0 Å². The summed E-state index contributed by atoms with van der Waals surface area (Å²) in [5.41, 5.74) is 5.63. The van der Waals surface area contributed by atoms with Gasteiger partial charge >= 0.3 is 0 Å². The fourth-order valence-electron chi connectivity index (χ4n) is 2.78. The van der Waals surface area contributed by atoms with Gasteiger partial charge in [0.2, 0.25) is 0 Å². The number of rotatable bonds is 14. The van der Waals surface area contributed by atoms with E-state index in [2.05, 4.69) is 6.92 Å². The number of ether oxygens (including phenoxy) is 3. The average molecular weight is 326 g/mol. The second-order valence-electron chi connectivity index (χ2n) is 5.40. The van der Waals surface area contributed by atoms with Gasteiger partial charge in [0, 0.05) is 27.2 Å². The molecule has 0 spiro atoms. The Morgan fingerprint density at radius 2 is 1.29 bits per heavy atom. The summed E-state index contributed by atoms with van der Waals surface area (Å²) in [6.45, 7) is 2.94. The van der Waals surface area contributed by atoms with E-state index >= 15 is 0 Å². The monoisotopic (exact) mass is 325 g/mol. The van der Waals surface area contributed by atoms with Gasteiger partial charge in [-0.1, -0.05) is 45.4 Å². The van der Waals surface area contributed by atoms with E-state index in [9.17, 15) is 0 Å². The van der Waals surface area contributed by atoms with Gasteiger partial charge in [-0.05, 0) is 25.8 Å². The highest BCUT2D eigenvalue weighted by atomic mass is 35.5. The molecule has 0 rings (SSSR count). The predicted octanol–water partition coefficient (Wildman–Crippen LogP) is 4.11. The van der Waals surface area contributed by atoms with E-state index in [-0.39, 0.29) is 18.3 Å². The predicted molar refractivity (Wildman–Crippen MR) is 90.8 cm³/mol. The molecule has 2 N–H and O–H groups in total. The quantitative estimate of drug-likeness (QED) is 0.386. The Kier molecular flexibility index (Phi) is 16.8. The van der Waals surface area contributed by atoms with Crippen LogP contribution in [0, 0.1) is 5.92 Å². The molecule has 0 bridgehead atoms. The van der Waals surface area contributed by atoms with Crippen LogP contribution in [0.3, 0.4) is 0 Å². The topological polar surface area (TPSA) is 53.7 Å². The number of halogens is 1. The molecule has 0 amide bonds. The van der Waals surface area contributed by atoms with Gasteiger partial charge in [-0.3, -0.25) is 0 Å². The summed E-state index contributed by atoms with van der Waals surface area (Å²) in [4.78, 5) is 0. The lowest BCUT2D eigenvalue weighted by atomic mass is 9.93. The molecule has 0 saturated heterocycles. The van der Waals surface area contributed by atoms with Crippen molar-refractivity contribution in [2.75, 3.05) is 27.9 Å². The number of hydrogen-bond acceptors (Lipinski definition) is 4. The highest BCUT2D eigenvalue weighted by Crippen LogP contribution is 2.32. The summed E-state index contributed by atoms with van der Waals surface area (Å²) in [5, 5.41) is 0. The van der Waals surface area contributed by atoms with Gasteiger partial charge in [0.05, 0.1) is 0 Å². The molecule has 0 aliphatic rings. The van der Waals surface area contributed by atoms with Gasteiger partial charge in [0.15, 0.2) is 0 Å². The smallest absolute Gasteiger partial charge is 0.285 e. The highest BCUT2D eigenvalue weighted by molar-refractivity contribution is 5.85. The van der Waals surface area contributed by atoms with Crippen molar-refractivity contribution in [1.82, 2.24) is 0 Å². The molecule has 130 valence electrons. The van der Waals surface area contributed by atoms with Gasteiger partial charge in [-0.2, -0.15) is 0 Å². The maximum atomic E-state index is 5.63. The summed E-state index contributed by atoms with van der Waals surface area (Å²) in [6, 6.07) is 0. The van der Waals surface area contributed by atoms with Gasteiger partial charge in [-0.15, -0.1) is 12.4 Å². The first-order valence-electron chi connectivity index (χ1n) is 8.06. The number of methoxy groups -OCH3 is 3. The third-order valence-corrected chi connectivity index (χ3v) is 4.02. The summed E-state index contributed by atoms with van der Waals surface area (Å²) in [5.74, 6) is -0.685. The van der Waals surface area contributed by atoms with Crippen molar-refractivity contribution < 1.29 is 14.2 Å². The molecule has 21 heavy (non-hydrogen) atoms. The zero-order valence-corrected chi connectivity index (χ0v) is 15.2. The molecular weight excluding hydrogens is 290 g/mol. The molecule has 0 aliphatic heterocycles. The fraction of sp³-hybridized carbons (Fsp3) is 1.00. The van der Waals surface area contributed by atoms with E-state index in [0.717, 1.165) is 19.3 Å². The van der Waals surface area contributed by atoms with Crippen LogP contribution < -0.4 is 5.73 Å². The molecule has 0 heterocycles. The Labute approximate surface area is 137 Å². The van der Waals surface area contributed by atoms with Gasteiger partial charge in [-0.25, -0.2) is 0 Å². The minimum absolute atomic E-state index is 0. The van der Waals surface area contributed by atoms with Crippen LogP contribution in [0.1, 0.15) is 64.7 Å². The maximum Gasteiger partial charge on any atom is 0.285 e. The number of hydrogen-bond donors (Lipinski definition) is 1. The Balaban J connectivity index is 0. The average Bonchev–Trinajstić information content (AvgIpc) is 2.49. The molecule has 0 aromatic heterocycles. The number of unbranched alkanes of at least 4 members (excludes halogenated alkanes) is 5. The van der Waals surface area contributed by atoms with E-state index in [1.54, 1.807) is 21.3 Å². The summed E-state index contributed by atoms with van der Waals surface area (Å²) in [7, 11) is 4.93. The van der Waals surface area contributed by atoms with E-state index in [0.29, 0.717) is 6.54 Å². The molecule has 0 aromatic carbocycles. The third kappa shape index (κ3) is 8.99. The zero-order chi connectivity index (χ0) is 15.3. The first-order valence-corrected chi connectivity index (χ1v) is 8.06. The second kappa shape index (κ2) is 15.0. The highest BCUT2D eigenvalue weighted by Gasteiger charge is 2.39. The van der Waals surface area contributed by atoms with Crippen LogP contribution in [0.25, 0.3) is 0 Å². The molecule has 0 aliphatic carbocycles. The van der Waals surface area contributed by atoms with Crippen LogP contribution in [0.4, 0.5) is 0 Å². The first-order chi connectivity index (χ1) is 9.70. The lowest BCUT2D eigenvalue weighted by molar-refractivity contribution is -0.380. The molecular formula is C16H36ClNO3. The van der Waals surface area contributed by atoms with Crippen LogP contribution in [-0.4, -0.2) is 33.8 Å². The van der Waals surface area contributed by atoms with Crippen LogP contribution >= 0.6 is 12.4 Å². The van der Waals surface area contributed by atoms with Crippen molar-refractivity contribution >= 4 is 12.4 Å². The van der Waals surface area contributed by atoms with E-state index in [1.165, 1.54) is 38.5 Å². The third-order valence-electron chi connectivity index (χ3n) is 4.02. The molecule has 0 radical (unpaired) electrons. The fourth-order valence-corrected chi connectivity index (χ4v) is 2.78. The SMILES string of the molecule is CCCCCCCCC(CCCN)C(OC)(OC)OC.Cl. The molecule has 0 fully saturated rings. The lowest BCUT2D eigenvalue weighted by Crippen LogP contribution is -2.44. The van der Waals surface area contributed by atoms with Crippen LogP contribution in [0.2, 0.25) is 0 Å². The van der Waals surface area contributed by atoms with Crippen molar-refractivity contribution in [3.63, 3.8) is 0 Å². The molecule has 0 saturated carbocycles. The van der Waals surface area contributed by atoms with Gasteiger partial charge in [0.25, 0.3) is 5.97 Å². The van der Waals surface area contributed by atoms with E-state index in [4.69, 9.17) is 19.9 Å². The molecule has 4 nitrogen and oxygen atoms in total. The molecule has 1 unspecified atom stereocenters. The number of nitrogens with two attached hydrogens (primary N) is 1. The Morgan fingerprint density at radius 3 is 1.76 bits per heavy atom. The molecule has 5 heteroatoms. The maximum absolute atomic E-state index is 5.63. The minimum Gasteiger partial charge on any atom is -0.331 e. The van der Waals surface area contributed by atoms with Crippen molar-refractivity contribution in [3.05, 3.63) is 0 Å². The Hall–Kier alpha value is 0.130. The normalized spacial score (nSPS) is 13.0. The van der Waals surface area contributed by atoms with Gasteiger partial charge < -0.3 is 19.9 Å². The minimum atomic E-state index is -0.918. The van der Waals surface area contributed by atoms with Crippen molar-refractivity contribution in [2.24, 2.45) is 11.7 Å². The standard InChI is InChI=1S/C16H35NO3.ClH/c1-5-6-7-8-9-10-12-15(13-11-14-17)16(18-2,19-3)20-4;/h15H,5-14,17H2,1-4H3;1H.